The number of fused-ring (bicyclic) bond motifs is 3. The molecule has 4 heteroatoms. The largest absolute Gasteiger partial charge is 0.489 e. The van der Waals surface area contributed by atoms with Crippen LogP contribution in [-0.2, 0) is 17.9 Å². The van der Waals surface area contributed by atoms with Crippen LogP contribution >= 0.6 is 0 Å². The van der Waals surface area contributed by atoms with Gasteiger partial charge in [-0.25, -0.2) is 0 Å². The van der Waals surface area contributed by atoms with Crippen molar-refractivity contribution >= 4 is 27.8 Å². The molecule has 5 aromatic rings. The first-order chi connectivity index (χ1) is 15.7. The zero-order valence-electron chi connectivity index (χ0n) is 17.8. The van der Waals surface area contributed by atoms with Gasteiger partial charge in [0.25, 0.3) is 0 Å². The Morgan fingerprint density at radius 2 is 1.41 bits per heavy atom. The van der Waals surface area contributed by atoms with Crippen molar-refractivity contribution in [2.45, 2.75) is 20.1 Å². The van der Waals surface area contributed by atoms with Crippen molar-refractivity contribution in [1.82, 2.24) is 4.57 Å². The van der Waals surface area contributed by atoms with E-state index in [1.807, 2.05) is 60.7 Å². The first-order valence-corrected chi connectivity index (χ1v) is 10.6. The van der Waals surface area contributed by atoms with E-state index in [1.54, 1.807) is 0 Å². The van der Waals surface area contributed by atoms with Gasteiger partial charge in [0.1, 0.15) is 18.1 Å². The number of nitrogens with zero attached hydrogens (tertiary/aromatic N) is 1. The predicted octanol–water partition coefficient (Wildman–Crippen LogP) is 6.35. The maximum absolute atomic E-state index is 11.4. The number of aromatic nitrogens is 1. The van der Waals surface area contributed by atoms with E-state index in [9.17, 15) is 4.79 Å². The van der Waals surface area contributed by atoms with Gasteiger partial charge in [0.2, 0.25) is 0 Å². The summed E-state index contributed by atoms with van der Waals surface area (Å²) in [4.78, 5) is 11.4. The average Bonchev–Trinajstić information content (AvgIpc) is 3.12. The molecule has 0 unspecified atom stereocenters. The number of hydrogen-bond donors (Lipinski definition) is 0. The minimum Gasteiger partial charge on any atom is -0.489 e. The molecule has 0 atom stereocenters. The molecule has 0 amide bonds. The van der Waals surface area contributed by atoms with E-state index in [4.69, 9.17) is 9.47 Å². The minimum absolute atomic E-state index is 0.321. The lowest BCUT2D eigenvalue weighted by atomic mass is 10.1. The first-order valence-electron chi connectivity index (χ1n) is 10.6. The van der Waals surface area contributed by atoms with Gasteiger partial charge in [0.05, 0.1) is 5.52 Å². The molecule has 0 bridgehead atoms. The van der Waals surface area contributed by atoms with Crippen LogP contribution in [0.4, 0.5) is 0 Å². The third kappa shape index (κ3) is 4.08. The lowest BCUT2D eigenvalue weighted by molar-refractivity contribution is -0.131. The molecule has 158 valence electrons. The second-order valence-electron chi connectivity index (χ2n) is 7.79. The number of benzene rings is 4. The average molecular weight is 421 g/mol. The number of carbonyl (C=O) groups is 1. The summed E-state index contributed by atoms with van der Waals surface area (Å²) >= 11 is 0. The predicted molar refractivity (Wildman–Crippen MR) is 127 cm³/mol. The molecule has 0 saturated carbocycles. The van der Waals surface area contributed by atoms with E-state index in [0.717, 1.165) is 33.3 Å². The van der Waals surface area contributed by atoms with E-state index in [2.05, 4.69) is 41.0 Å². The van der Waals surface area contributed by atoms with Crippen molar-refractivity contribution in [1.29, 1.82) is 0 Å². The molecule has 4 aromatic carbocycles. The fraction of sp³-hybridized carbons (Fsp3) is 0.107. The monoisotopic (exact) mass is 421 g/mol. The Hall–Kier alpha value is -4.05. The second kappa shape index (κ2) is 8.60. The topological polar surface area (TPSA) is 40.5 Å². The van der Waals surface area contributed by atoms with Crippen molar-refractivity contribution < 1.29 is 14.3 Å². The van der Waals surface area contributed by atoms with Gasteiger partial charge in [-0.3, -0.25) is 4.79 Å². The van der Waals surface area contributed by atoms with Gasteiger partial charge in [-0.05, 0) is 41.5 Å². The highest BCUT2D eigenvalue weighted by molar-refractivity contribution is 6.08. The summed E-state index contributed by atoms with van der Waals surface area (Å²) in [5.41, 5.74) is 4.49. The van der Waals surface area contributed by atoms with Crippen LogP contribution in [0.25, 0.3) is 21.8 Å². The standard InChI is InChI=1S/C28H23NO3/c1-20(30)32-24-15-16-26-25-9-5-6-10-27(25)29(28(26)17-24)18-21-11-13-23(14-12-21)31-19-22-7-3-2-4-8-22/h2-17H,18-19H2,1H3. The van der Waals surface area contributed by atoms with Crippen molar-refractivity contribution in [3.8, 4) is 11.5 Å². The molecule has 5 rings (SSSR count). The maximum Gasteiger partial charge on any atom is 0.308 e. The second-order valence-corrected chi connectivity index (χ2v) is 7.79. The number of ether oxygens (including phenoxy) is 2. The molecule has 4 nitrogen and oxygen atoms in total. The lowest BCUT2D eigenvalue weighted by Gasteiger charge is -2.10. The fourth-order valence-corrected chi connectivity index (χ4v) is 4.04. The van der Waals surface area contributed by atoms with Crippen LogP contribution in [0.2, 0.25) is 0 Å². The summed E-state index contributed by atoms with van der Waals surface area (Å²) in [6, 6.07) is 32.5. The van der Waals surface area contributed by atoms with Crippen LogP contribution in [0.1, 0.15) is 18.1 Å². The molecular weight excluding hydrogens is 398 g/mol. The number of carbonyl (C=O) groups excluding carboxylic acids is 1. The van der Waals surface area contributed by atoms with E-state index in [0.29, 0.717) is 18.9 Å². The van der Waals surface area contributed by atoms with Gasteiger partial charge in [-0.1, -0.05) is 60.7 Å². The van der Waals surface area contributed by atoms with Gasteiger partial charge < -0.3 is 14.0 Å². The number of para-hydroxylation sites is 1. The molecule has 0 fully saturated rings. The summed E-state index contributed by atoms with van der Waals surface area (Å²) < 4.78 is 13.5. The fourth-order valence-electron chi connectivity index (χ4n) is 4.04. The van der Waals surface area contributed by atoms with E-state index < -0.39 is 0 Å². The zero-order chi connectivity index (χ0) is 21.9. The van der Waals surface area contributed by atoms with Crippen LogP contribution in [0.5, 0.6) is 11.5 Å². The molecule has 0 aliphatic heterocycles. The Bertz CT molecular complexity index is 1390. The van der Waals surface area contributed by atoms with Crippen LogP contribution in [0.3, 0.4) is 0 Å². The number of esters is 1. The van der Waals surface area contributed by atoms with Gasteiger partial charge in [-0.15, -0.1) is 0 Å². The molecule has 0 N–H and O–H groups in total. The van der Waals surface area contributed by atoms with Crippen LogP contribution in [0, 0.1) is 0 Å². The summed E-state index contributed by atoms with van der Waals surface area (Å²) in [6.45, 7) is 2.67. The van der Waals surface area contributed by atoms with Gasteiger partial charge in [-0.2, -0.15) is 0 Å². The molecule has 0 aliphatic carbocycles. The van der Waals surface area contributed by atoms with E-state index >= 15 is 0 Å². The summed E-state index contributed by atoms with van der Waals surface area (Å²) in [6.07, 6.45) is 0. The Morgan fingerprint density at radius 1 is 0.719 bits per heavy atom. The summed E-state index contributed by atoms with van der Waals surface area (Å²) in [5.74, 6) is 1.08. The van der Waals surface area contributed by atoms with E-state index in [-0.39, 0.29) is 5.97 Å². The minimum atomic E-state index is -0.321. The Labute approximate surface area is 186 Å². The molecule has 0 spiro atoms. The quantitative estimate of drug-likeness (QED) is 0.237. The summed E-state index contributed by atoms with van der Waals surface area (Å²) in [7, 11) is 0. The molecule has 0 aliphatic rings. The molecule has 1 heterocycles. The van der Waals surface area contributed by atoms with Gasteiger partial charge in [0, 0.05) is 35.8 Å². The van der Waals surface area contributed by atoms with Crippen LogP contribution in [0.15, 0.2) is 97.1 Å². The molecule has 1 aromatic heterocycles. The highest BCUT2D eigenvalue weighted by Crippen LogP contribution is 2.32. The normalized spacial score (nSPS) is 11.0. The molecule has 0 radical (unpaired) electrons. The first kappa shape index (κ1) is 19.9. The Kier molecular flexibility index (Phi) is 5.34. The molecular formula is C28H23NO3. The van der Waals surface area contributed by atoms with Crippen molar-refractivity contribution in [2.75, 3.05) is 0 Å². The van der Waals surface area contributed by atoms with Gasteiger partial charge in [0.15, 0.2) is 0 Å². The van der Waals surface area contributed by atoms with Gasteiger partial charge >= 0.3 is 5.97 Å². The smallest absolute Gasteiger partial charge is 0.308 e. The Morgan fingerprint density at radius 3 is 2.19 bits per heavy atom. The zero-order valence-corrected chi connectivity index (χ0v) is 17.8. The number of rotatable bonds is 6. The van der Waals surface area contributed by atoms with E-state index in [1.165, 1.54) is 12.3 Å². The lowest BCUT2D eigenvalue weighted by Crippen LogP contribution is -2.02. The highest BCUT2D eigenvalue weighted by Gasteiger charge is 2.12. The summed E-state index contributed by atoms with van der Waals surface area (Å²) in [5, 5.41) is 2.32. The maximum atomic E-state index is 11.4. The molecule has 0 saturated heterocycles. The Balaban J connectivity index is 1.44. The van der Waals surface area contributed by atoms with Crippen molar-refractivity contribution in [3.63, 3.8) is 0 Å². The van der Waals surface area contributed by atoms with Crippen LogP contribution < -0.4 is 9.47 Å². The molecule has 32 heavy (non-hydrogen) atoms. The van der Waals surface area contributed by atoms with Crippen LogP contribution in [-0.4, -0.2) is 10.5 Å². The highest BCUT2D eigenvalue weighted by atomic mass is 16.5. The van der Waals surface area contributed by atoms with Crippen molar-refractivity contribution in [3.05, 3.63) is 108 Å². The number of hydrogen-bond acceptors (Lipinski definition) is 3. The third-order valence-corrected chi connectivity index (χ3v) is 5.52. The third-order valence-electron chi connectivity index (χ3n) is 5.52. The SMILES string of the molecule is CC(=O)Oc1ccc2c3ccccc3n(Cc3ccc(OCc4ccccc4)cc3)c2c1. The van der Waals surface area contributed by atoms with Crippen molar-refractivity contribution in [2.24, 2.45) is 0 Å².